The first-order chi connectivity index (χ1) is 12.6. The van der Waals surface area contributed by atoms with Crippen LogP contribution < -0.4 is 9.47 Å². The van der Waals surface area contributed by atoms with E-state index >= 15 is 0 Å². The Balaban J connectivity index is 1.43. The van der Waals surface area contributed by atoms with E-state index < -0.39 is 0 Å². The van der Waals surface area contributed by atoms with Gasteiger partial charge in [0.2, 0.25) is 0 Å². The molecular weight excluding hydrogens is 332 g/mol. The van der Waals surface area contributed by atoms with Crippen molar-refractivity contribution >= 4 is 18.0 Å². The van der Waals surface area contributed by atoms with E-state index in [0.29, 0.717) is 28.9 Å². The molecular formula is C20H20N2O4. The molecule has 4 aliphatic carbocycles. The van der Waals surface area contributed by atoms with Gasteiger partial charge in [-0.3, -0.25) is 9.59 Å². The molecule has 1 aromatic carbocycles. The number of ether oxygens (including phenoxy) is 2. The summed E-state index contributed by atoms with van der Waals surface area (Å²) in [6.45, 7) is 0. The van der Waals surface area contributed by atoms with E-state index in [0.717, 1.165) is 11.4 Å². The Labute approximate surface area is 151 Å². The molecule has 2 amide bonds. The fourth-order valence-electron chi connectivity index (χ4n) is 5.10. The van der Waals surface area contributed by atoms with Crippen LogP contribution in [0.15, 0.2) is 35.5 Å². The highest BCUT2D eigenvalue weighted by Crippen LogP contribution is 2.65. The highest BCUT2D eigenvalue weighted by Gasteiger charge is 2.67. The molecule has 0 radical (unpaired) electrons. The lowest BCUT2D eigenvalue weighted by Crippen LogP contribution is -2.40. The fraction of sp³-hybridized carbons (Fsp3) is 0.450. The van der Waals surface area contributed by atoms with E-state index in [1.807, 2.05) is 0 Å². The highest BCUT2D eigenvalue weighted by atomic mass is 16.5. The Bertz CT molecular complexity index is 825. The number of carbonyl (C=O) groups excluding carboxylic acids is 2. The van der Waals surface area contributed by atoms with Crippen molar-refractivity contribution in [2.45, 2.75) is 6.42 Å². The molecule has 134 valence electrons. The average molecular weight is 352 g/mol. The lowest BCUT2D eigenvalue weighted by atomic mass is 9.63. The fourth-order valence-corrected chi connectivity index (χ4v) is 5.10. The molecule has 6 atom stereocenters. The number of methoxy groups -OCH3 is 2. The first kappa shape index (κ1) is 15.6. The van der Waals surface area contributed by atoms with E-state index in [-0.39, 0.29) is 35.5 Å². The lowest BCUT2D eigenvalue weighted by Gasteiger charge is -2.37. The van der Waals surface area contributed by atoms with Crippen LogP contribution in [0, 0.1) is 35.5 Å². The quantitative estimate of drug-likeness (QED) is 0.473. The Kier molecular flexibility index (Phi) is 3.26. The summed E-state index contributed by atoms with van der Waals surface area (Å²) in [4.78, 5) is 25.8. The molecule has 6 nitrogen and oxygen atoms in total. The van der Waals surface area contributed by atoms with Crippen molar-refractivity contribution in [3.05, 3.63) is 35.9 Å². The zero-order valence-electron chi connectivity index (χ0n) is 14.7. The molecule has 2 saturated carbocycles. The second-order valence-electron chi connectivity index (χ2n) is 7.50. The number of nitrogens with zero attached hydrogens (tertiary/aromatic N) is 2. The first-order valence-electron chi connectivity index (χ1n) is 8.96. The molecule has 1 heterocycles. The molecule has 1 aromatic rings. The number of hydrogen-bond donors (Lipinski definition) is 0. The molecule has 3 fully saturated rings. The smallest absolute Gasteiger partial charge is 0.254 e. The largest absolute Gasteiger partial charge is 0.497 e. The summed E-state index contributed by atoms with van der Waals surface area (Å²) in [5, 5.41) is 5.32. The SMILES string of the molecule is COc1ccc(/C=N\N2C(=O)[C@@H]3[C@@H]4C=C[C@@H]([C@@H]5C[C@H]45)[C@@H]3C2=O)c(OC)c1. The molecule has 1 saturated heterocycles. The molecule has 6 rings (SSSR count). The van der Waals surface area contributed by atoms with Gasteiger partial charge in [-0.15, -0.1) is 0 Å². The molecule has 2 bridgehead atoms. The maximum Gasteiger partial charge on any atom is 0.254 e. The number of amides is 2. The van der Waals surface area contributed by atoms with Crippen molar-refractivity contribution < 1.29 is 19.1 Å². The normalized spacial score (nSPS) is 36.5. The van der Waals surface area contributed by atoms with Crippen molar-refractivity contribution in [1.29, 1.82) is 0 Å². The van der Waals surface area contributed by atoms with E-state index in [4.69, 9.17) is 9.47 Å². The van der Waals surface area contributed by atoms with Crippen LogP contribution in [-0.4, -0.2) is 37.3 Å². The summed E-state index contributed by atoms with van der Waals surface area (Å²) in [6.07, 6.45) is 6.99. The number of imide groups is 1. The van der Waals surface area contributed by atoms with E-state index in [9.17, 15) is 9.59 Å². The Morgan fingerprint density at radius 2 is 1.69 bits per heavy atom. The summed E-state index contributed by atoms with van der Waals surface area (Å²) in [5.41, 5.74) is 0.688. The molecule has 0 spiro atoms. The first-order valence-corrected chi connectivity index (χ1v) is 8.96. The van der Waals surface area contributed by atoms with Gasteiger partial charge in [-0.25, -0.2) is 0 Å². The van der Waals surface area contributed by atoms with Crippen LogP contribution in [0.3, 0.4) is 0 Å². The molecule has 6 heteroatoms. The third kappa shape index (κ3) is 2.01. The van der Waals surface area contributed by atoms with Gasteiger partial charge in [-0.1, -0.05) is 12.2 Å². The van der Waals surface area contributed by atoms with Gasteiger partial charge in [0, 0.05) is 11.6 Å². The van der Waals surface area contributed by atoms with Crippen LogP contribution in [0.4, 0.5) is 0 Å². The molecule has 5 aliphatic rings. The van der Waals surface area contributed by atoms with E-state index in [2.05, 4.69) is 17.3 Å². The summed E-state index contributed by atoms with van der Waals surface area (Å²) in [6, 6.07) is 5.32. The van der Waals surface area contributed by atoms with Crippen LogP contribution in [-0.2, 0) is 9.59 Å². The van der Waals surface area contributed by atoms with Crippen molar-refractivity contribution in [1.82, 2.24) is 5.01 Å². The van der Waals surface area contributed by atoms with Gasteiger partial charge in [0.15, 0.2) is 0 Å². The third-order valence-corrected chi connectivity index (χ3v) is 6.39. The van der Waals surface area contributed by atoms with Crippen LogP contribution in [0.2, 0.25) is 0 Å². The number of carbonyl (C=O) groups is 2. The number of hydrazone groups is 1. The summed E-state index contributed by atoms with van der Waals surface area (Å²) in [7, 11) is 3.14. The maximum atomic E-state index is 12.9. The predicted octanol–water partition coefficient (Wildman–Crippen LogP) is 2.09. The monoisotopic (exact) mass is 352 g/mol. The Morgan fingerprint density at radius 3 is 2.27 bits per heavy atom. The van der Waals surface area contributed by atoms with Gasteiger partial charge in [0.1, 0.15) is 11.5 Å². The number of rotatable bonds is 4. The average Bonchev–Trinajstić information content (AvgIpc) is 3.45. The lowest BCUT2D eigenvalue weighted by molar-refractivity contribution is -0.140. The standard InChI is InChI=1S/C20H20N2O4/c1-25-11-4-3-10(16(7-11)26-2)9-21-22-19(23)17-12-5-6-13(15-8-14(12)15)18(17)20(22)24/h3-7,9,12-15,17-18H,8H2,1-2H3/b21-9-/t12-,13+,14-,15+,17-,18+. The maximum absolute atomic E-state index is 12.9. The third-order valence-electron chi connectivity index (χ3n) is 6.39. The van der Waals surface area contributed by atoms with Gasteiger partial charge >= 0.3 is 0 Å². The Hall–Kier alpha value is -2.63. The van der Waals surface area contributed by atoms with Crippen molar-refractivity contribution in [2.75, 3.05) is 14.2 Å². The summed E-state index contributed by atoms with van der Waals surface area (Å²) < 4.78 is 10.5. The van der Waals surface area contributed by atoms with E-state index in [1.54, 1.807) is 32.4 Å². The predicted molar refractivity (Wildman–Crippen MR) is 93.7 cm³/mol. The van der Waals surface area contributed by atoms with Crippen molar-refractivity contribution in [3.8, 4) is 11.5 Å². The molecule has 0 N–H and O–H groups in total. The van der Waals surface area contributed by atoms with Gasteiger partial charge in [0.25, 0.3) is 11.8 Å². The number of hydrogen-bond acceptors (Lipinski definition) is 5. The minimum absolute atomic E-state index is 0.159. The summed E-state index contributed by atoms with van der Waals surface area (Å²) in [5.74, 6) is 2.08. The van der Waals surface area contributed by atoms with Gasteiger partial charge < -0.3 is 9.47 Å². The van der Waals surface area contributed by atoms with E-state index in [1.165, 1.54) is 6.21 Å². The van der Waals surface area contributed by atoms with Gasteiger partial charge in [0.05, 0.1) is 32.3 Å². The van der Waals surface area contributed by atoms with Crippen molar-refractivity contribution in [2.24, 2.45) is 40.6 Å². The zero-order valence-corrected chi connectivity index (χ0v) is 14.7. The Morgan fingerprint density at radius 1 is 1.04 bits per heavy atom. The highest BCUT2D eigenvalue weighted by molar-refractivity contribution is 6.06. The minimum Gasteiger partial charge on any atom is -0.497 e. The number of allylic oxidation sites excluding steroid dienone is 2. The van der Waals surface area contributed by atoms with Gasteiger partial charge in [-0.2, -0.15) is 10.1 Å². The van der Waals surface area contributed by atoms with Crippen LogP contribution >= 0.6 is 0 Å². The van der Waals surface area contributed by atoms with Crippen molar-refractivity contribution in [3.63, 3.8) is 0 Å². The number of benzene rings is 1. The molecule has 26 heavy (non-hydrogen) atoms. The zero-order chi connectivity index (χ0) is 18.0. The topological polar surface area (TPSA) is 68.2 Å². The van der Waals surface area contributed by atoms with Gasteiger partial charge in [-0.05, 0) is 42.2 Å². The van der Waals surface area contributed by atoms with Crippen LogP contribution in [0.1, 0.15) is 12.0 Å². The molecule has 0 aromatic heterocycles. The second kappa shape index (κ2) is 5.43. The second-order valence-corrected chi connectivity index (χ2v) is 7.50. The van der Waals surface area contributed by atoms with Crippen LogP contribution in [0.5, 0.6) is 11.5 Å². The minimum atomic E-state index is -0.226. The van der Waals surface area contributed by atoms with Crippen LogP contribution in [0.25, 0.3) is 0 Å². The summed E-state index contributed by atoms with van der Waals surface area (Å²) >= 11 is 0. The molecule has 1 aliphatic heterocycles. The molecule has 0 unspecified atom stereocenters.